The van der Waals surface area contributed by atoms with E-state index in [9.17, 15) is 0 Å². The molecular formula is C12H11Cl2NO. The molecule has 0 aromatic heterocycles. The molecule has 0 spiro atoms. The molecule has 1 aromatic carbocycles. The lowest BCUT2D eigenvalue weighted by molar-refractivity contribution is 0.316. The van der Waals surface area contributed by atoms with Crippen molar-refractivity contribution in [3.8, 4) is 11.8 Å². The molecule has 1 unspecified atom stereocenters. The SMILES string of the molecule is N#CCC1CCCOc2cc(Cl)c(Cl)cc21. The molecule has 1 heterocycles. The molecule has 1 aliphatic rings. The Balaban J connectivity index is 2.44. The molecule has 0 aliphatic carbocycles. The summed E-state index contributed by atoms with van der Waals surface area (Å²) in [5, 5.41) is 9.83. The van der Waals surface area contributed by atoms with Crippen molar-refractivity contribution in [2.45, 2.75) is 25.2 Å². The Bertz CT molecular complexity index is 439. The number of ether oxygens (including phenoxy) is 1. The second-order valence-electron chi connectivity index (χ2n) is 3.85. The van der Waals surface area contributed by atoms with Crippen LogP contribution in [0, 0.1) is 11.3 Å². The molecular weight excluding hydrogens is 245 g/mol. The number of halogens is 2. The molecule has 1 aromatic rings. The smallest absolute Gasteiger partial charge is 0.124 e. The highest BCUT2D eigenvalue weighted by Crippen LogP contribution is 2.39. The van der Waals surface area contributed by atoms with Crippen molar-refractivity contribution in [3.63, 3.8) is 0 Å². The predicted octanol–water partition coefficient (Wildman–Crippen LogP) is 4.16. The van der Waals surface area contributed by atoms with E-state index < -0.39 is 0 Å². The van der Waals surface area contributed by atoms with Gasteiger partial charge in [0, 0.05) is 18.4 Å². The molecule has 2 nitrogen and oxygen atoms in total. The lowest BCUT2D eigenvalue weighted by atomic mass is 9.92. The van der Waals surface area contributed by atoms with Crippen LogP contribution >= 0.6 is 23.2 Å². The molecule has 0 saturated heterocycles. The van der Waals surface area contributed by atoms with Crippen LogP contribution in [0.15, 0.2) is 12.1 Å². The fourth-order valence-electron chi connectivity index (χ4n) is 1.98. The van der Waals surface area contributed by atoms with Crippen LogP contribution in [0.5, 0.6) is 5.75 Å². The van der Waals surface area contributed by atoms with E-state index in [1.165, 1.54) is 0 Å². The van der Waals surface area contributed by atoms with Crippen molar-refractivity contribution in [1.29, 1.82) is 5.26 Å². The van der Waals surface area contributed by atoms with E-state index in [-0.39, 0.29) is 5.92 Å². The van der Waals surface area contributed by atoms with Crippen molar-refractivity contribution < 1.29 is 4.74 Å². The molecule has 0 fully saturated rings. The summed E-state index contributed by atoms with van der Waals surface area (Å²) in [7, 11) is 0. The standard InChI is InChI=1S/C12H11Cl2NO/c13-10-6-9-8(3-4-15)2-1-5-16-12(9)7-11(10)14/h6-8H,1-3,5H2. The summed E-state index contributed by atoms with van der Waals surface area (Å²) in [6.07, 6.45) is 2.41. The number of fused-ring (bicyclic) bond motifs is 1. The summed E-state index contributed by atoms with van der Waals surface area (Å²) in [6.45, 7) is 0.674. The predicted molar refractivity (Wildman–Crippen MR) is 64.2 cm³/mol. The van der Waals surface area contributed by atoms with Crippen molar-refractivity contribution in [3.05, 3.63) is 27.7 Å². The molecule has 1 atom stereocenters. The van der Waals surface area contributed by atoms with Crippen LogP contribution in [0.3, 0.4) is 0 Å². The molecule has 4 heteroatoms. The molecule has 0 radical (unpaired) electrons. The molecule has 2 rings (SSSR count). The normalized spacial score (nSPS) is 19.2. The average Bonchev–Trinajstić information content (AvgIpc) is 2.44. The van der Waals surface area contributed by atoms with Crippen molar-refractivity contribution in [1.82, 2.24) is 0 Å². The van der Waals surface area contributed by atoms with Gasteiger partial charge in [0.15, 0.2) is 0 Å². The zero-order valence-electron chi connectivity index (χ0n) is 8.67. The lowest BCUT2D eigenvalue weighted by Crippen LogP contribution is -1.97. The van der Waals surface area contributed by atoms with Crippen molar-refractivity contribution in [2.75, 3.05) is 6.61 Å². The van der Waals surface area contributed by atoms with Gasteiger partial charge < -0.3 is 4.74 Å². The maximum Gasteiger partial charge on any atom is 0.124 e. The highest BCUT2D eigenvalue weighted by Gasteiger charge is 2.21. The Morgan fingerprint density at radius 1 is 1.38 bits per heavy atom. The summed E-state index contributed by atoms with van der Waals surface area (Å²) in [5.74, 6) is 0.976. The van der Waals surface area contributed by atoms with Crippen LogP contribution in [-0.4, -0.2) is 6.61 Å². The van der Waals surface area contributed by atoms with Gasteiger partial charge in [-0.25, -0.2) is 0 Å². The van der Waals surface area contributed by atoms with Crippen LogP contribution in [0.1, 0.15) is 30.7 Å². The van der Waals surface area contributed by atoms with Gasteiger partial charge in [0.05, 0.1) is 22.7 Å². The molecule has 0 N–H and O–H groups in total. The van der Waals surface area contributed by atoms with Crippen LogP contribution < -0.4 is 4.74 Å². The topological polar surface area (TPSA) is 33.0 Å². The first-order chi connectivity index (χ1) is 7.72. The monoisotopic (exact) mass is 255 g/mol. The van der Waals surface area contributed by atoms with E-state index in [2.05, 4.69) is 6.07 Å². The zero-order valence-corrected chi connectivity index (χ0v) is 10.2. The summed E-state index contributed by atoms with van der Waals surface area (Å²) >= 11 is 11.9. The Hall–Kier alpha value is -0.910. The van der Waals surface area contributed by atoms with Gasteiger partial charge >= 0.3 is 0 Å². The minimum atomic E-state index is 0.206. The first kappa shape index (κ1) is 11.6. The molecule has 0 bridgehead atoms. The summed E-state index contributed by atoms with van der Waals surface area (Å²) in [6, 6.07) is 5.78. The van der Waals surface area contributed by atoms with Crippen LogP contribution in [0.25, 0.3) is 0 Å². The first-order valence-electron chi connectivity index (χ1n) is 5.21. The minimum Gasteiger partial charge on any atom is -0.493 e. The third kappa shape index (κ3) is 2.26. The zero-order chi connectivity index (χ0) is 11.5. The van der Waals surface area contributed by atoms with E-state index in [1.54, 1.807) is 6.07 Å². The fourth-order valence-corrected chi connectivity index (χ4v) is 2.30. The Labute approximate surface area is 105 Å². The van der Waals surface area contributed by atoms with E-state index in [0.29, 0.717) is 23.1 Å². The quantitative estimate of drug-likeness (QED) is 0.755. The second-order valence-corrected chi connectivity index (χ2v) is 4.67. The number of rotatable bonds is 1. The Morgan fingerprint density at radius 3 is 2.88 bits per heavy atom. The molecule has 0 saturated carbocycles. The Kier molecular flexibility index (Phi) is 3.58. The van der Waals surface area contributed by atoms with Crippen LogP contribution in [0.2, 0.25) is 10.0 Å². The third-order valence-corrected chi connectivity index (χ3v) is 3.51. The second kappa shape index (κ2) is 4.95. The van der Waals surface area contributed by atoms with Gasteiger partial charge in [-0.3, -0.25) is 0 Å². The van der Waals surface area contributed by atoms with E-state index in [0.717, 1.165) is 24.2 Å². The molecule has 16 heavy (non-hydrogen) atoms. The lowest BCUT2D eigenvalue weighted by Gasteiger charge is -2.14. The summed E-state index contributed by atoms with van der Waals surface area (Å²) < 4.78 is 5.61. The highest BCUT2D eigenvalue weighted by molar-refractivity contribution is 6.42. The maximum absolute atomic E-state index is 8.81. The van der Waals surface area contributed by atoms with Crippen molar-refractivity contribution in [2.24, 2.45) is 0 Å². The molecule has 0 amide bonds. The summed E-state index contributed by atoms with van der Waals surface area (Å²) in [5.41, 5.74) is 1.01. The van der Waals surface area contributed by atoms with E-state index >= 15 is 0 Å². The number of benzene rings is 1. The number of hydrogen-bond acceptors (Lipinski definition) is 2. The maximum atomic E-state index is 8.81. The molecule has 84 valence electrons. The largest absolute Gasteiger partial charge is 0.493 e. The van der Waals surface area contributed by atoms with E-state index in [4.69, 9.17) is 33.2 Å². The number of nitrogens with zero attached hydrogens (tertiary/aromatic N) is 1. The van der Waals surface area contributed by atoms with Gasteiger partial charge in [-0.15, -0.1) is 0 Å². The number of hydrogen-bond donors (Lipinski definition) is 0. The van der Waals surface area contributed by atoms with E-state index in [1.807, 2.05) is 6.07 Å². The fraction of sp³-hybridized carbons (Fsp3) is 0.417. The van der Waals surface area contributed by atoms with Gasteiger partial charge in [-0.1, -0.05) is 23.2 Å². The molecule has 1 aliphatic heterocycles. The van der Waals surface area contributed by atoms with Gasteiger partial charge in [0.1, 0.15) is 5.75 Å². The van der Waals surface area contributed by atoms with Gasteiger partial charge in [-0.2, -0.15) is 5.26 Å². The van der Waals surface area contributed by atoms with Crippen LogP contribution in [-0.2, 0) is 0 Å². The van der Waals surface area contributed by atoms with Crippen molar-refractivity contribution >= 4 is 23.2 Å². The third-order valence-electron chi connectivity index (χ3n) is 2.78. The minimum absolute atomic E-state index is 0.206. The Morgan fingerprint density at radius 2 is 2.12 bits per heavy atom. The van der Waals surface area contributed by atoms with Gasteiger partial charge in [0.2, 0.25) is 0 Å². The first-order valence-corrected chi connectivity index (χ1v) is 5.96. The highest BCUT2D eigenvalue weighted by atomic mass is 35.5. The average molecular weight is 256 g/mol. The van der Waals surface area contributed by atoms with Crippen LogP contribution in [0.4, 0.5) is 0 Å². The van der Waals surface area contributed by atoms with Gasteiger partial charge in [0.25, 0.3) is 0 Å². The van der Waals surface area contributed by atoms with Gasteiger partial charge in [-0.05, 0) is 24.5 Å². The summed E-state index contributed by atoms with van der Waals surface area (Å²) in [4.78, 5) is 0. The number of nitriles is 1.